The van der Waals surface area contributed by atoms with Crippen molar-refractivity contribution in [1.82, 2.24) is 9.80 Å². The van der Waals surface area contributed by atoms with Crippen LogP contribution >= 0.6 is 0 Å². The van der Waals surface area contributed by atoms with Crippen molar-refractivity contribution < 1.29 is 9.50 Å². The molecule has 0 unspecified atom stereocenters. The minimum absolute atomic E-state index is 0.163. The number of aryl methyl sites for hydroxylation is 1. The number of aliphatic hydroxyl groups is 1. The van der Waals surface area contributed by atoms with Crippen LogP contribution in [0.3, 0.4) is 0 Å². The van der Waals surface area contributed by atoms with Crippen LogP contribution < -0.4 is 0 Å². The van der Waals surface area contributed by atoms with Crippen molar-refractivity contribution in [1.29, 1.82) is 0 Å². The molecule has 1 saturated heterocycles. The summed E-state index contributed by atoms with van der Waals surface area (Å²) < 4.78 is 13.0. The maximum atomic E-state index is 13.0. The van der Waals surface area contributed by atoms with Gasteiger partial charge in [0, 0.05) is 39.3 Å². The first-order valence-corrected chi connectivity index (χ1v) is 6.49. The molecule has 1 aromatic carbocycles. The second kappa shape index (κ2) is 6.27. The van der Waals surface area contributed by atoms with Crippen LogP contribution in [0.1, 0.15) is 11.1 Å². The van der Waals surface area contributed by atoms with E-state index >= 15 is 0 Å². The average molecular weight is 252 g/mol. The molecule has 0 radical (unpaired) electrons. The van der Waals surface area contributed by atoms with Crippen molar-refractivity contribution in [3.8, 4) is 0 Å². The maximum absolute atomic E-state index is 13.0. The fourth-order valence-electron chi connectivity index (χ4n) is 2.39. The van der Waals surface area contributed by atoms with Crippen LogP contribution in [0.15, 0.2) is 18.2 Å². The average Bonchev–Trinajstić information content (AvgIpc) is 2.35. The van der Waals surface area contributed by atoms with E-state index in [2.05, 4.69) is 9.80 Å². The van der Waals surface area contributed by atoms with Gasteiger partial charge in [-0.1, -0.05) is 6.07 Å². The zero-order chi connectivity index (χ0) is 13.0. The molecule has 0 saturated carbocycles. The number of hydrogen-bond acceptors (Lipinski definition) is 3. The van der Waals surface area contributed by atoms with Crippen LogP contribution in [0, 0.1) is 12.7 Å². The van der Waals surface area contributed by atoms with E-state index in [1.54, 1.807) is 6.07 Å². The summed E-state index contributed by atoms with van der Waals surface area (Å²) in [6, 6.07) is 5.01. The van der Waals surface area contributed by atoms with Gasteiger partial charge in [0.1, 0.15) is 5.82 Å². The van der Waals surface area contributed by atoms with Gasteiger partial charge in [0.25, 0.3) is 0 Å². The van der Waals surface area contributed by atoms with Crippen molar-refractivity contribution in [3.63, 3.8) is 0 Å². The predicted molar refractivity (Wildman–Crippen MR) is 69.9 cm³/mol. The first-order valence-electron chi connectivity index (χ1n) is 6.49. The van der Waals surface area contributed by atoms with Crippen molar-refractivity contribution in [2.75, 3.05) is 39.3 Å². The van der Waals surface area contributed by atoms with Gasteiger partial charge in [0.2, 0.25) is 0 Å². The molecule has 0 spiro atoms. The molecule has 0 aliphatic carbocycles. The van der Waals surface area contributed by atoms with Gasteiger partial charge in [-0.25, -0.2) is 4.39 Å². The van der Waals surface area contributed by atoms with E-state index in [0.717, 1.165) is 44.8 Å². The highest BCUT2D eigenvalue weighted by Crippen LogP contribution is 2.14. The monoisotopic (exact) mass is 252 g/mol. The Balaban J connectivity index is 1.87. The lowest BCUT2D eigenvalue weighted by Crippen LogP contribution is -2.46. The van der Waals surface area contributed by atoms with Crippen molar-refractivity contribution in [2.24, 2.45) is 0 Å². The van der Waals surface area contributed by atoms with Crippen LogP contribution in [-0.2, 0) is 6.54 Å². The highest BCUT2D eigenvalue weighted by atomic mass is 19.1. The van der Waals surface area contributed by atoms with Crippen LogP contribution in [0.25, 0.3) is 0 Å². The molecule has 0 aromatic heterocycles. The summed E-state index contributed by atoms with van der Waals surface area (Å²) in [5, 5.41) is 8.89. The second-order valence-electron chi connectivity index (χ2n) is 4.91. The fraction of sp³-hybridized carbons (Fsp3) is 0.571. The van der Waals surface area contributed by atoms with Gasteiger partial charge in [-0.2, -0.15) is 0 Å². The first-order chi connectivity index (χ1) is 8.69. The minimum Gasteiger partial charge on any atom is -0.395 e. The normalized spacial score (nSPS) is 18.2. The molecule has 3 nitrogen and oxygen atoms in total. The lowest BCUT2D eigenvalue weighted by atomic mass is 10.1. The van der Waals surface area contributed by atoms with E-state index in [-0.39, 0.29) is 12.4 Å². The highest BCUT2D eigenvalue weighted by molar-refractivity contribution is 5.26. The molecule has 18 heavy (non-hydrogen) atoms. The van der Waals surface area contributed by atoms with Crippen LogP contribution in [0.4, 0.5) is 4.39 Å². The number of β-amino-alcohol motifs (C(OH)–C–C–N with tert-alkyl or cyclic N) is 1. The zero-order valence-electron chi connectivity index (χ0n) is 10.9. The lowest BCUT2D eigenvalue weighted by molar-refractivity contribution is 0.108. The molecule has 1 fully saturated rings. The Labute approximate surface area is 108 Å². The Morgan fingerprint density at radius 3 is 2.44 bits per heavy atom. The Hall–Kier alpha value is -0.970. The molecule has 1 heterocycles. The SMILES string of the molecule is Cc1cc(F)ccc1CN1CCN(CCO)CC1. The third-order valence-electron chi connectivity index (χ3n) is 3.58. The van der Waals surface area contributed by atoms with E-state index in [0.29, 0.717) is 0 Å². The maximum Gasteiger partial charge on any atom is 0.123 e. The fourth-order valence-corrected chi connectivity index (χ4v) is 2.39. The Morgan fingerprint density at radius 1 is 1.17 bits per heavy atom. The quantitative estimate of drug-likeness (QED) is 0.873. The van der Waals surface area contributed by atoms with E-state index in [9.17, 15) is 4.39 Å². The number of halogens is 1. The van der Waals surface area contributed by atoms with Gasteiger partial charge in [0.15, 0.2) is 0 Å². The lowest BCUT2D eigenvalue weighted by Gasteiger charge is -2.34. The molecule has 1 N–H and O–H groups in total. The van der Waals surface area contributed by atoms with Crippen molar-refractivity contribution in [3.05, 3.63) is 35.1 Å². The molecule has 1 aliphatic rings. The number of hydrogen-bond donors (Lipinski definition) is 1. The summed E-state index contributed by atoms with van der Waals surface area (Å²) in [5.41, 5.74) is 2.22. The van der Waals surface area contributed by atoms with Crippen LogP contribution in [0.5, 0.6) is 0 Å². The molecule has 0 bridgehead atoms. The Kier molecular flexibility index (Phi) is 4.69. The molecule has 100 valence electrons. The number of nitrogens with zero attached hydrogens (tertiary/aromatic N) is 2. The van der Waals surface area contributed by atoms with E-state index < -0.39 is 0 Å². The van der Waals surface area contributed by atoms with Gasteiger partial charge in [-0.05, 0) is 30.2 Å². The summed E-state index contributed by atoms with van der Waals surface area (Å²) in [7, 11) is 0. The summed E-state index contributed by atoms with van der Waals surface area (Å²) in [4.78, 5) is 4.65. The topological polar surface area (TPSA) is 26.7 Å². The summed E-state index contributed by atoms with van der Waals surface area (Å²) in [6.07, 6.45) is 0. The molecule has 2 rings (SSSR count). The number of benzene rings is 1. The van der Waals surface area contributed by atoms with Gasteiger partial charge < -0.3 is 5.11 Å². The number of piperazine rings is 1. The zero-order valence-corrected chi connectivity index (χ0v) is 10.9. The predicted octanol–water partition coefficient (Wildman–Crippen LogP) is 1.24. The standard InChI is InChI=1S/C14H21FN2O/c1-12-10-14(15)3-2-13(12)11-17-6-4-16(5-7-17)8-9-18/h2-3,10,18H,4-9,11H2,1H3. The molecule has 1 aliphatic heterocycles. The third-order valence-corrected chi connectivity index (χ3v) is 3.58. The molecular formula is C14H21FN2O. The molecule has 1 aromatic rings. The van der Waals surface area contributed by atoms with E-state index in [1.165, 1.54) is 11.6 Å². The van der Waals surface area contributed by atoms with Crippen molar-refractivity contribution >= 4 is 0 Å². The Bertz CT molecular complexity index is 389. The van der Waals surface area contributed by atoms with Crippen LogP contribution in [0.2, 0.25) is 0 Å². The summed E-state index contributed by atoms with van der Waals surface area (Å²) in [5.74, 6) is -0.163. The summed E-state index contributed by atoms with van der Waals surface area (Å²) >= 11 is 0. The van der Waals surface area contributed by atoms with Crippen LogP contribution in [-0.4, -0.2) is 54.2 Å². The highest BCUT2D eigenvalue weighted by Gasteiger charge is 2.16. The number of aliphatic hydroxyl groups excluding tert-OH is 1. The van der Waals surface area contributed by atoms with Gasteiger partial charge >= 0.3 is 0 Å². The first kappa shape index (κ1) is 13.5. The molecule has 0 atom stereocenters. The largest absolute Gasteiger partial charge is 0.395 e. The molecule has 0 amide bonds. The summed E-state index contributed by atoms with van der Waals surface area (Å²) in [6.45, 7) is 7.87. The molecular weight excluding hydrogens is 231 g/mol. The van der Waals surface area contributed by atoms with Gasteiger partial charge in [-0.15, -0.1) is 0 Å². The molecule has 4 heteroatoms. The van der Waals surface area contributed by atoms with Gasteiger partial charge in [-0.3, -0.25) is 9.80 Å². The minimum atomic E-state index is -0.163. The Morgan fingerprint density at radius 2 is 1.83 bits per heavy atom. The second-order valence-corrected chi connectivity index (χ2v) is 4.91. The van der Waals surface area contributed by atoms with Gasteiger partial charge in [0.05, 0.1) is 6.61 Å². The van der Waals surface area contributed by atoms with E-state index in [1.807, 2.05) is 13.0 Å². The number of rotatable bonds is 4. The van der Waals surface area contributed by atoms with E-state index in [4.69, 9.17) is 5.11 Å². The van der Waals surface area contributed by atoms with Crippen molar-refractivity contribution in [2.45, 2.75) is 13.5 Å². The third kappa shape index (κ3) is 3.51. The smallest absolute Gasteiger partial charge is 0.123 e.